The summed E-state index contributed by atoms with van der Waals surface area (Å²) in [6.07, 6.45) is 3.01. The van der Waals surface area contributed by atoms with Crippen LogP contribution in [0.1, 0.15) is 12.0 Å². The van der Waals surface area contributed by atoms with Crippen molar-refractivity contribution >= 4 is 45.6 Å². The molecule has 0 atom stereocenters. The lowest BCUT2D eigenvalue weighted by Crippen LogP contribution is -2.28. The number of anilines is 1. The van der Waals surface area contributed by atoms with Crippen LogP contribution in [-0.2, 0) is 0 Å². The van der Waals surface area contributed by atoms with E-state index in [9.17, 15) is 0 Å². The van der Waals surface area contributed by atoms with Crippen LogP contribution in [0.5, 0.6) is 0 Å². The van der Waals surface area contributed by atoms with Gasteiger partial charge in [-0.2, -0.15) is 11.8 Å². The molecular weight excluding hydrogens is 286 g/mol. The number of benzene rings is 1. The van der Waals surface area contributed by atoms with Crippen molar-refractivity contribution in [3.63, 3.8) is 0 Å². The molecule has 20 heavy (non-hydrogen) atoms. The number of pyridine rings is 1. The van der Waals surface area contributed by atoms with Gasteiger partial charge < -0.3 is 10.6 Å². The maximum absolute atomic E-state index is 5.91. The monoisotopic (exact) mass is 303 g/mol. The van der Waals surface area contributed by atoms with Gasteiger partial charge in [0.05, 0.1) is 16.8 Å². The highest BCUT2D eigenvalue weighted by Crippen LogP contribution is 2.31. The Balaban J connectivity index is 2.18. The van der Waals surface area contributed by atoms with Crippen molar-refractivity contribution in [2.75, 3.05) is 29.5 Å². The van der Waals surface area contributed by atoms with Crippen molar-refractivity contribution in [2.24, 2.45) is 5.73 Å². The van der Waals surface area contributed by atoms with Crippen LogP contribution in [0, 0.1) is 0 Å². The SMILES string of the molecule is NC(=S)c1cnc2ccccc2c1N1CCCSCC1. The van der Waals surface area contributed by atoms with Crippen LogP contribution in [0.4, 0.5) is 5.69 Å². The van der Waals surface area contributed by atoms with Gasteiger partial charge in [-0.1, -0.05) is 30.4 Å². The molecule has 2 N–H and O–H groups in total. The van der Waals surface area contributed by atoms with Crippen LogP contribution in [0.15, 0.2) is 30.5 Å². The van der Waals surface area contributed by atoms with Crippen molar-refractivity contribution in [3.05, 3.63) is 36.0 Å². The number of hydrogen-bond donors (Lipinski definition) is 1. The fraction of sp³-hybridized carbons (Fsp3) is 0.333. The average Bonchev–Trinajstić information content (AvgIpc) is 2.74. The Hall–Kier alpha value is -1.33. The summed E-state index contributed by atoms with van der Waals surface area (Å²) >= 11 is 7.23. The minimum atomic E-state index is 0.426. The van der Waals surface area contributed by atoms with Crippen molar-refractivity contribution in [1.82, 2.24) is 4.98 Å². The van der Waals surface area contributed by atoms with E-state index >= 15 is 0 Å². The quantitative estimate of drug-likeness (QED) is 0.864. The largest absolute Gasteiger partial charge is 0.389 e. The normalized spacial score (nSPS) is 16.1. The first-order chi connectivity index (χ1) is 9.77. The topological polar surface area (TPSA) is 42.1 Å². The van der Waals surface area contributed by atoms with Crippen LogP contribution in [0.25, 0.3) is 10.9 Å². The molecule has 1 aromatic carbocycles. The van der Waals surface area contributed by atoms with E-state index in [0.29, 0.717) is 4.99 Å². The highest BCUT2D eigenvalue weighted by Gasteiger charge is 2.18. The lowest BCUT2D eigenvalue weighted by Gasteiger charge is -2.26. The number of hydrogen-bond acceptors (Lipinski definition) is 4. The van der Waals surface area contributed by atoms with Crippen molar-refractivity contribution in [1.29, 1.82) is 0 Å². The molecule has 0 bridgehead atoms. The zero-order chi connectivity index (χ0) is 13.9. The molecule has 2 heterocycles. The molecule has 0 spiro atoms. The fourth-order valence-electron chi connectivity index (χ4n) is 2.62. The van der Waals surface area contributed by atoms with E-state index < -0.39 is 0 Å². The molecule has 0 unspecified atom stereocenters. The lowest BCUT2D eigenvalue weighted by molar-refractivity contribution is 0.818. The molecule has 1 aliphatic heterocycles. The molecule has 3 nitrogen and oxygen atoms in total. The molecule has 0 aliphatic carbocycles. The third-order valence-electron chi connectivity index (χ3n) is 3.55. The van der Waals surface area contributed by atoms with Gasteiger partial charge in [0.2, 0.25) is 0 Å². The standard InChI is InChI=1S/C15H17N3S2/c16-15(19)12-10-17-13-5-2-1-4-11(13)14(12)18-6-3-8-20-9-7-18/h1-2,4-5,10H,3,6-9H2,(H2,16,19). The van der Waals surface area contributed by atoms with E-state index in [-0.39, 0.29) is 0 Å². The highest BCUT2D eigenvalue weighted by atomic mass is 32.2. The summed E-state index contributed by atoms with van der Waals surface area (Å²) in [6.45, 7) is 2.09. The van der Waals surface area contributed by atoms with Crippen LogP contribution >= 0.6 is 24.0 Å². The molecule has 1 aromatic heterocycles. The number of thiocarbonyl (C=S) groups is 1. The Morgan fingerprint density at radius 1 is 1.25 bits per heavy atom. The molecule has 0 radical (unpaired) electrons. The van der Waals surface area contributed by atoms with E-state index in [1.165, 1.54) is 12.2 Å². The van der Waals surface area contributed by atoms with E-state index in [4.69, 9.17) is 18.0 Å². The van der Waals surface area contributed by atoms with Crippen LogP contribution < -0.4 is 10.6 Å². The first kappa shape index (κ1) is 13.6. The van der Waals surface area contributed by atoms with Gasteiger partial charge in [0.15, 0.2) is 0 Å². The smallest absolute Gasteiger partial charge is 0.107 e. The molecule has 1 saturated heterocycles. The predicted molar refractivity (Wildman–Crippen MR) is 91.8 cm³/mol. The molecule has 1 aliphatic rings. The second-order valence-electron chi connectivity index (χ2n) is 4.85. The first-order valence-corrected chi connectivity index (χ1v) is 8.34. The van der Waals surface area contributed by atoms with E-state index in [1.54, 1.807) is 0 Å². The summed E-state index contributed by atoms with van der Waals surface area (Å²) in [5.41, 5.74) is 8.96. The number of fused-ring (bicyclic) bond motifs is 1. The molecule has 3 rings (SSSR count). The number of nitrogens with two attached hydrogens (primary N) is 1. The Kier molecular flexibility index (Phi) is 4.08. The zero-order valence-electron chi connectivity index (χ0n) is 11.2. The first-order valence-electron chi connectivity index (χ1n) is 6.77. The molecule has 104 valence electrons. The molecule has 0 saturated carbocycles. The summed E-state index contributed by atoms with van der Waals surface area (Å²) < 4.78 is 0. The van der Waals surface area contributed by atoms with Gasteiger partial charge in [-0.15, -0.1) is 0 Å². The maximum Gasteiger partial charge on any atom is 0.107 e. The summed E-state index contributed by atoms with van der Waals surface area (Å²) in [6, 6.07) is 8.20. The third kappa shape index (κ3) is 2.60. The van der Waals surface area contributed by atoms with Gasteiger partial charge in [-0.05, 0) is 18.2 Å². The van der Waals surface area contributed by atoms with Crippen LogP contribution in [-0.4, -0.2) is 34.6 Å². The van der Waals surface area contributed by atoms with Crippen LogP contribution in [0.2, 0.25) is 0 Å². The second-order valence-corrected chi connectivity index (χ2v) is 6.52. The molecule has 5 heteroatoms. The van der Waals surface area contributed by atoms with E-state index in [1.807, 2.05) is 36.2 Å². The molecule has 2 aromatic rings. The Bertz CT molecular complexity index is 634. The van der Waals surface area contributed by atoms with Gasteiger partial charge in [-0.3, -0.25) is 4.98 Å². The summed E-state index contributed by atoms with van der Waals surface area (Å²) in [5, 5.41) is 1.14. The highest BCUT2D eigenvalue weighted by molar-refractivity contribution is 7.99. The Morgan fingerprint density at radius 2 is 2.10 bits per heavy atom. The average molecular weight is 303 g/mol. The summed E-state index contributed by atoms with van der Waals surface area (Å²) in [4.78, 5) is 7.32. The molecule has 0 amide bonds. The van der Waals surface area contributed by atoms with Gasteiger partial charge in [0.1, 0.15) is 4.99 Å². The molecule has 1 fully saturated rings. The van der Waals surface area contributed by atoms with E-state index in [0.717, 1.165) is 41.0 Å². The number of para-hydroxylation sites is 1. The second kappa shape index (κ2) is 5.97. The van der Waals surface area contributed by atoms with Crippen molar-refractivity contribution in [2.45, 2.75) is 6.42 Å². The number of nitrogens with zero attached hydrogens (tertiary/aromatic N) is 2. The summed E-state index contributed by atoms with van der Waals surface area (Å²) in [7, 11) is 0. The van der Waals surface area contributed by atoms with Gasteiger partial charge in [0.25, 0.3) is 0 Å². The Morgan fingerprint density at radius 3 is 2.95 bits per heavy atom. The van der Waals surface area contributed by atoms with Gasteiger partial charge in [0, 0.05) is 30.4 Å². The number of aromatic nitrogens is 1. The minimum Gasteiger partial charge on any atom is -0.389 e. The lowest BCUT2D eigenvalue weighted by atomic mass is 10.1. The fourth-order valence-corrected chi connectivity index (χ4v) is 3.65. The molecular formula is C15H17N3S2. The maximum atomic E-state index is 5.91. The Labute approximate surface area is 128 Å². The third-order valence-corrected chi connectivity index (χ3v) is 4.82. The van der Waals surface area contributed by atoms with Crippen molar-refractivity contribution in [3.8, 4) is 0 Å². The zero-order valence-corrected chi connectivity index (χ0v) is 12.8. The van der Waals surface area contributed by atoms with Crippen LogP contribution in [0.3, 0.4) is 0 Å². The van der Waals surface area contributed by atoms with E-state index in [2.05, 4.69) is 16.0 Å². The minimum absolute atomic E-state index is 0.426. The van der Waals surface area contributed by atoms with Crippen molar-refractivity contribution < 1.29 is 0 Å². The number of rotatable bonds is 2. The van der Waals surface area contributed by atoms with Gasteiger partial charge in [-0.25, -0.2) is 0 Å². The predicted octanol–water partition coefficient (Wildman–Crippen LogP) is 2.81. The summed E-state index contributed by atoms with van der Waals surface area (Å²) in [5.74, 6) is 2.37. The van der Waals surface area contributed by atoms with Gasteiger partial charge >= 0.3 is 0 Å². The number of thioether (sulfide) groups is 1.